The molecule has 1 aliphatic heterocycles. The first-order valence-electron chi connectivity index (χ1n) is 8.42. The van der Waals surface area contributed by atoms with Crippen molar-refractivity contribution in [3.8, 4) is 11.1 Å². The van der Waals surface area contributed by atoms with Crippen LogP contribution in [0.5, 0.6) is 0 Å². The molecule has 148 valence electrons. The summed E-state index contributed by atoms with van der Waals surface area (Å²) in [6.45, 7) is 0. The summed E-state index contributed by atoms with van der Waals surface area (Å²) in [4.78, 5) is 24.8. The Balaban J connectivity index is 1.66. The molecule has 3 aromatic rings. The Morgan fingerprint density at radius 3 is 2.48 bits per heavy atom. The Bertz CT molecular complexity index is 1110. The standard InChI is InChI=1S/C19H12ClF3N4O2/c20-10-3-1-9(2-4-10)12-8-24-27-15(7-16(28)26-18(12)27)19(29)25-11-5-13(21)17(23)14(22)6-11/h1-6,8,15H,7H2,(H,25,29)(H,26,28). The molecule has 1 atom stereocenters. The van der Waals surface area contributed by atoms with Crippen molar-refractivity contribution in [1.29, 1.82) is 0 Å². The number of halogens is 4. The highest BCUT2D eigenvalue weighted by Gasteiger charge is 2.33. The van der Waals surface area contributed by atoms with Gasteiger partial charge in [-0.2, -0.15) is 5.10 Å². The van der Waals surface area contributed by atoms with Gasteiger partial charge in [0, 0.05) is 28.4 Å². The van der Waals surface area contributed by atoms with Crippen molar-refractivity contribution in [1.82, 2.24) is 9.78 Å². The summed E-state index contributed by atoms with van der Waals surface area (Å²) in [5, 5.41) is 9.69. The van der Waals surface area contributed by atoms with Crippen LogP contribution >= 0.6 is 11.6 Å². The summed E-state index contributed by atoms with van der Waals surface area (Å²) in [5.41, 5.74) is 1.02. The van der Waals surface area contributed by atoms with Gasteiger partial charge in [-0.05, 0) is 17.7 Å². The van der Waals surface area contributed by atoms with Gasteiger partial charge in [-0.1, -0.05) is 23.7 Å². The highest BCUT2D eigenvalue weighted by molar-refractivity contribution is 6.30. The fourth-order valence-corrected chi connectivity index (χ4v) is 3.19. The van der Waals surface area contributed by atoms with Crippen LogP contribution in [-0.4, -0.2) is 21.6 Å². The molecular weight excluding hydrogens is 409 g/mol. The number of anilines is 2. The Labute approximate surface area is 167 Å². The van der Waals surface area contributed by atoms with Gasteiger partial charge in [0.05, 0.1) is 12.6 Å². The molecule has 2 aromatic carbocycles. The molecule has 10 heteroatoms. The molecule has 6 nitrogen and oxygen atoms in total. The zero-order valence-corrected chi connectivity index (χ0v) is 15.3. The molecule has 0 aliphatic carbocycles. The number of rotatable bonds is 3. The van der Waals surface area contributed by atoms with Gasteiger partial charge in [-0.3, -0.25) is 9.59 Å². The third-order valence-corrected chi connectivity index (χ3v) is 4.69. The number of benzene rings is 2. The van der Waals surface area contributed by atoms with E-state index in [9.17, 15) is 22.8 Å². The van der Waals surface area contributed by atoms with E-state index in [0.717, 1.165) is 5.56 Å². The van der Waals surface area contributed by atoms with Gasteiger partial charge in [-0.15, -0.1) is 0 Å². The van der Waals surface area contributed by atoms with Crippen LogP contribution in [0.25, 0.3) is 11.1 Å². The summed E-state index contributed by atoms with van der Waals surface area (Å²) < 4.78 is 41.2. The van der Waals surface area contributed by atoms with E-state index in [4.69, 9.17) is 11.6 Å². The normalized spacial score (nSPS) is 15.6. The molecule has 0 fully saturated rings. The topological polar surface area (TPSA) is 76.0 Å². The van der Waals surface area contributed by atoms with Crippen LogP contribution in [-0.2, 0) is 9.59 Å². The molecular formula is C19H12ClF3N4O2. The number of hydrogen-bond donors (Lipinski definition) is 2. The van der Waals surface area contributed by atoms with Gasteiger partial charge in [0.15, 0.2) is 17.5 Å². The third-order valence-electron chi connectivity index (χ3n) is 4.44. The zero-order chi connectivity index (χ0) is 20.7. The average Bonchev–Trinajstić information content (AvgIpc) is 3.09. The van der Waals surface area contributed by atoms with E-state index in [0.29, 0.717) is 28.5 Å². The Morgan fingerprint density at radius 2 is 1.83 bits per heavy atom. The van der Waals surface area contributed by atoms with Gasteiger partial charge < -0.3 is 10.6 Å². The van der Waals surface area contributed by atoms with Crippen LogP contribution in [0.2, 0.25) is 5.02 Å². The number of aromatic nitrogens is 2. The fraction of sp³-hybridized carbons (Fsp3) is 0.105. The number of nitrogens with zero attached hydrogens (tertiary/aromatic N) is 2. The van der Waals surface area contributed by atoms with Gasteiger partial charge in [0.2, 0.25) is 11.8 Å². The fourth-order valence-electron chi connectivity index (χ4n) is 3.07. The lowest BCUT2D eigenvalue weighted by atomic mass is 10.1. The zero-order valence-electron chi connectivity index (χ0n) is 14.5. The minimum atomic E-state index is -1.64. The van der Waals surface area contributed by atoms with Gasteiger partial charge >= 0.3 is 0 Å². The molecule has 2 heterocycles. The number of carbonyl (C=O) groups is 2. The molecule has 2 N–H and O–H groups in total. The Hall–Kier alpha value is -3.33. The minimum Gasteiger partial charge on any atom is -0.324 e. The molecule has 29 heavy (non-hydrogen) atoms. The van der Waals surface area contributed by atoms with E-state index in [-0.39, 0.29) is 12.1 Å². The lowest BCUT2D eigenvalue weighted by Gasteiger charge is -2.24. The highest BCUT2D eigenvalue weighted by Crippen LogP contribution is 2.35. The van der Waals surface area contributed by atoms with Gasteiger partial charge in [-0.25, -0.2) is 17.9 Å². The van der Waals surface area contributed by atoms with E-state index in [1.165, 1.54) is 10.9 Å². The monoisotopic (exact) mass is 420 g/mol. The van der Waals surface area contributed by atoms with E-state index < -0.39 is 35.3 Å². The summed E-state index contributed by atoms with van der Waals surface area (Å²) in [6, 6.07) is 7.07. The number of carbonyl (C=O) groups excluding carboxylic acids is 2. The quantitative estimate of drug-likeness (QED) is 0.625. The summed E-state index contributed by atoms with van der Waals surface area (Å²) in [5.74, 6) is -5.36. The minimum absolute atomic E-state index is 0.229. The molecule has 1 aliphatic rings. The van der Waals surface area contributed by atoms with E-state index >= 15 is 0 Å². The van der Waals surface area contributed by atoms with Crippen LogP contribution in [0.15, 0.2) is 42.6 Å². The predicted octanol–water partition coefficient (Wildman–Crippen LogP) is 4.14. The third kappa shape index (κ3) is 3.56. The van der Waals surface area contributed by atoms with Crippen LogP contribution in [0.4, 0.5) is 24.7 Å². The molecule has 1 aromatic heterocycles. The molecule has 2 amide bonds. The van der Waals surface area contributed by atoms with Crippen molar-refractivity contribution in [2.24, 2.45) is 0 Å². The van der Waals surface area contributed by atoms with Crippen LogP contribution in [0.3, 0.4) is 0 Å². The Kier molecular flexibility index (Phi) is 4.75. The molecule has 1 unspecified atom stereocenters. The van der Waals surface area contributed by atoms with Crippen molar-refractivity contribution in [3.05, 3.63) is 65.1 Å². The van der Waals surface area contributed by atoms with Crippen molar-refractivity contribution >= 4 is 34.9 Å². The van der Waals surface area contributed by atoms with E-state index in [1.54, 1.807) is 24.3 Å². The van der Waals surface area contributed by atoms with Gasteiger partial charge in [0.25, 0.3) is 0 Å². The van der Waals surface area contributed by atoms with Crippen LogP contribution in [0.1, 0.15) is 12.5 Å². The lowest BCUT2D eigenvalue weighted by molar-refractivity contribution is -0.125. The molecule has 0 radical (unpaired) electrons. The van der Waals surface area contributed by atoms with E-state index in [2.05, 4.69) is 15.7 Å². The smallest absolute Gasteiger partial charge is 0.249 e. The molecule has 0 spiro atoms. The molecule has 0 saturated heterocycles. The Morgan fingerprint density at radius 1 is 1.17 bits per heavy atom. The van der Waals surface area contributed by atoms with Gasteiger partial charge in [0.1, 0.15) is 11.9 Å². The molecule has 4 rings (SSSR count). The maximum atomic E-state index is 13.4. The summed E-state index contributed by atoms with van der Waals surface area (Å²) >= 11 is 5.89. The number of hydrogen-bond acceptors (Lipinski definition) is 3. The molecule has 0 saturated carbocycles. The number of nitrogens with one attached hydrogen (secondary N) is 2. The number of amides is 2. The van der Waals surface area contributed by atoms with E-state index in [1.807, 2.05) is 0 Å². The second-order valence-electron chi connectivity index (χ2n) is 6.37. The predicted molar refractivity (Wildman–Crippen MR) is 99.9 cm³/mol. The SMILES string of the molecule is O=C1CC(C(=O)Nc2cc(F)c(F)c(F)c2)n2ncc(-c3ccc(Cl)cc3)c2N1. The van der Waals surface area contributed by atoms with Crippen molar-refractivity contribution < 1.29 is 22.8 Å². The maximum Gasteiger partial charge on any atom is 0.249 e. The largest absolute Gasteiger partial charge is 0.324 e. The first kappa shape index (κ1) is 19.0. The lowest BCUT2D eigenvalue weighted by Crippen LogP contribution is -2.35. The highest BCUT2D eigenvalue weighted by atomic mass is 35.5. The average molecular weight is 421 g/mol. The maximum absolute atomic E-state index is 13.4. The van der Waals surface area contributed by atoms with Crippen molar-refractivity contribution in [2.75, 3.05) is 10.6 Å². The van der Waals surface area contributed by atoms with Crippen molar-refractivity contribution in [3.63, 3.8) is 0 Å². The molecule has 0 bridgehead atoms. The number of fused-ring (bicyclic) bond motifs is 1. The van der Waals surface area contributed by atoms with Crippen molar-refractivity contribution in [2.45, 2.75) is 12.5 Å². The van der Waals surface area contributed by atoms with Crippen LogP contribution in [0, 0.1) is 17.5 Å². The summed E-state index contributed by atoms with van der Waals surface area (Å²) in [7, 11) is 0. The summed E-state index contributed by atoms with van der Waals surface area (Å²) in [6.07, 6.45) is 1.26. The second-order valence-corrected chi connectivity index (χ2v) is 6.81. The van der Waals surface area contributed by atoms with Crippen LogP contribution < -0.4 is 10.6 Å². The first-order valence-corrected chi connectivity index (χ1v) is 8.80. The first-order chi connectivity index (χ1) is 13.8. The second kappa shape index (κ2) is 7.25.